The van der Waals surface area contributed by atoms with Crippen molar-refractivity contribution in [2.75, 3.05) is 13.1 Å². The number of rotatable bonds is 3. The lowest BCUT2D eigenvalue weighted by Gasteiger charge is -2.22. The molecule has 0 spiro atoms. The molecule has 0 saturated carbocycles. The van der Waals surface area contributed by atoms with E-state index in [4.69, 9.17) is 5.21 Å². The van der Waals surface area contributed by atoms with Gasteiger partial charge in [0.2, 0.25) is 0 Å². The number of fused-ring (bicyclic) bond motifs is 1. The monoisotopic (exact) mass is 348 g/mol. The molecule has 132 valence electrons. The molecule has 0 radical (unpaired) electrons. The smallest absolute Gasteiger partial charge is 0.276 e. The van der Waals surface area contributed by atoms with Crippen LogP contribution in [-0.4, -0.2) is 34.2 Å². The summed E-state index contributed by atoms with van der Waals surface area (Å²) in [6.07, 6.45) is 5.54. The summed E-state index contributed by atoms with van der Waals surface area (Å²) >= 11 is 0. The number of benzene rings is 1. The fourth-order valence-corrected chi connectivity index (χ4v) is 3.47. The number of aromatic nitrogens is 2. The molecule has 0 bridgehead atoms. The van der Waals surface area contributed by atoms with Crippen molar-refractivity contribution in [3.63, 3.8) is 0 Å². The van der Waals surface area contributed by atoms with E-state index in [9.17, 15) is 4.79 Å². The molecule has 2 aromatic heterocycles. The van der Waals surface area contributed by atoms with Crippen molar-refractivity contribution in [2.24, 2.45) is 0 Å². The van der Waals surface area contributed by atoms with Crippen molar-refractivity contribution in [1.29, 1.82) is 0 Å². The molecular formula is C20H20N4O2. The third kappa shape index (κ3) is 3.29. The van der Waals surface area contributed by atoms with Crippen LogP contribution >= 0.6 is 0 Å². The van der Waals surface area contributed by atoms with E-state index in [1.807, 2.05) is 30.5 Å². The van der Waals surface area contributed by atoms with Gasteiger partial charge in [0.25, 0.3) is 5.91 Å². The number of hydrogen-bond donors (Lipinski definition) is 3. The van der Waals surface area contributed by atoms with Gasteiger partial charge in [0, 0.05) is 29.4 Å². The number of amides is 1. The lowest BCUT2D eigenvalue weighted by Crippen LogP contribution is -2.27. The molecule has 1 aromatic carbocycles. The first kappa shape index (κ1) is 16.6. The van der Waals surface area contributed by atoms with Crippen LogP contribution in [0, 0.1) is 0 Å². The molecule has 6 heteroatoms. The summed E-state index contributed by atoms with van der Waals surface area (Å²) in [6.45, 7) is 2.07. The van der Waals surface area contributed by atoms with E-state index in [1.54, 1.807) is 11.5 Å². The Labute approximate surface area is 151 Å². The molecule has 0 unspecified atom stereocenters. The summed E-state index contributed by atoms with van der Waals surface area (Å²) in [5, 5.41) is 13.0. The highest BCUT2D eigenvalue weighted by Gasteiger charge is 2.17. The fourth-order valence-electron chi connectivity index (χ4n) is 3.47. The minimum absolute atomic E-state index is 0.322. The molecule has 3 heterocycles. The maximum absolute atomic E-state index is 11.6. The fraction of sp³-hybridized carbons (Fsp3) is 0.250. The Morgan fingerprint density at radius 1 is 1.08 bits per heavy atom. The van der Waals surface area contributed by atoms with Crippen molar-refractivity contribution in [3.8, 4) is 11.1 Å². The van der Waals surface area contributed by atoms with Crippen LogP contribution in [0.4, 0.5) is 0 Å². The second-order valence-electron chi connectivity index (χ2n) is 6.57. The number of hydroxylamine groups is 1. The second kappa shape index (κ2) is 7.19. The molecule has 1 aliphatic heterocycles. The molecule has 3 N–H and O–H groups in total. The number of nitrogens with one attached hydrogen (secondary N) is 2. The third-order valence-corrected chi connectivity index (χ3v) is 4.92. The first-order chi connectivity index (χ1) is 12.7. The molecule has 4 rings (SSSR count). The van der Waals surface area contributed by atoms with Crippen LogP contribution in [0.25, 0.3) is 22.0 Å². The highest BCUT2D eigenvalue weighted by atomic mass is 16.5. The van der Waals surface area contributed by atoms with E-state index in [2.05, 4.69) is 21.4 Å². The molecule has 26 heavy (non-hydrogen) atoms. The Hall–Kier alpha value is -2.83. The largest absolute Gasteiger partial charge is 0.317 e. The molecule has 0 atom stereocenters. The molecular weight excluding hydrogens is 328 g/mol. The first-order valence-corrected chi connectivity index (χ1v) is 8.76. The zero-order valence-electron chi connectivity index (χ0n) is 14.3. The van der Waals surface area contributed by atoms with Gasteiger partial charge < -0.3 is 5.32 Å². The van der Waals surface area contributed by atoms with Crippen LogP contribution < -0.4 is 10.8 Å². The molecule has 1 aliphatic rings. The molecule has 0 aliphatic carbocycles. The number of hydrogen-bond acceptors (Lipinski definition) is 5. The Morgan fingerprint density at radius 3 is 2.69 bits per heavy atom. The minimum atomic E-state index is -0.568. The van der Waals surface area contributed by atoms with E-state index in [0.717, 1.165) is 53.7 Å². The molecule has 6 nitrogen and oxygen atoms in total. The van der Waals surface area contributed by atoms with Crippen LogP contribution in [0.5, 0.6) is 0 Å². The van der Waals surface area contributed by atoms with E-state index in [-0.39, 0.29) is 0 Å². The average Bonchev–Trinajstić information content (AvgIpc) is 2.73. The molecule has 1 fully saturated rings. The van der Waals surface area contributed by atoms with Crippen molar-refractivity contribution >= 4 is 16.8 Å². The molecule has 1 saturated heterocycles. The lowest BCUT2D eigenvalue weighted by molar-refractivity contribution is 0.0706. The number of piperidine rings is 1. The van der Waals surface area contributed by atoms with Gasteiger partial charge in [-0.3, -0.25) is 20.0 Å². The van der Waals surface area contributed by atoms with E-state index in [0.29, 0.717) is 11.5 Å². The Bertz CT molecular complexity index is 951. The van der Waals surface area contributed by atoms with Gasteiger partial charge in [0.05, 0.1) is 11.1 Å². The predicted molar refractivity (Wildman–Crippen MR) is 99.1 cm³/mol. The van der Waals surface area contributed by atoms with Gasteiger partial charge in [-0.15, -0.1) is 0 Å². The SMILES string of the molecule is O=C(NO)c1cnc2ccc(-c3ccnc(C4CCNCC4)c3)cc2c1. The summed E-state index contributed by atoms with van der Waals surface area (Å²) in [6, 6.07) is 11.9. The Balaban J connectivity index is 1.70. The summed E-state index contributed by atoms with van der Waals surface area (Å²) in [7, 11) is 0. The number of nitrogens with zero attached hydrogens (tertiary/aromatic N) is 2. The minimum Gasteiger partial charge on any atom is -0.317 e. The van der Waals surface area contributed by atoms with Crippen molar-refractivity contribution in [3.05, 3.63) is 60.0 Å². The molecule has 3 aromatic rings. The van der Waals surface area contributed by atoms with Gasteiger partial charge in [-0.1, -0.05) is 6.07 Å². The summed E-state index contributed by atoms with van der Waals surface area (Å²) < 4.78 is 0. The molecule has 1 amide bonds. The van der Waals surface area contributed by atoms with Gasteiger partial charge in [0.15, 0.2) is 0 Å². The quantitative estimate of drug-likeness (QED) is 0.500. The average molecular weight is 348 g/mol. The van der Waals surface area contributed by atoms with Crippen LogP contribution in [0.15, 0.2) is 48.8 Å². The van der Waals surface area contributed by atoms with Gasteiger partial charge in [-0.05, 0) is 67.4 Å². The second-order valence-corrected chi connectivity index (χ2v) is 6.57. The topological polar surface area (TPSA) is 87.1 Å². The standard InChI is InChI=1S/C20H20N4O2/c25-20(24-26)17-10-16-9-14(1-2-18(16)23-12-17)15-5-8-22-19(11-15)13-3-6-21-7-4-13/h1-2,5,8-13,21,26H,3-4,6-7H2,(H,24,25). The lowest BCUT2D eigenvalue weighted by atomic mass is 9.92. The maximum Gasteiger partial charge on any atom is 0.276 e. The zero-order chi connectivity index (χ0) is 17.9. The van der Waals surface area contributed by atoms with Crippen LogP contribution in [0.3, 0.4) is 0 Å². The Morgan fingerprint density at radius 2 is 1.88 bits per heavy atom. The third-order valence-electron chi connectivity index (χ3n) is 4.92. The first-order valence-electron chi connectivity index (χ1n) is 8.76. The van der Waals surface area contributed by atoms with Crippen LogP contribution in [0.1, 0.15) is 34.8 Å². The van der Waals surface area contributed by atoms with Crippen LogP contribution in [-0.2, 0) is 0 Å². The van der Waals surface area contributed by atoms with E-state index in [1.165, 1.54) is 6.20 Å². The van der Waals surface area contributed by atoms with Crippen molar-refractivity contribution < 1.29 is 10.0 Å². The summed E-state index contributed by atoms with van der Waals surface area (Å²) in [5.41, 5.74) is 6.06. The number of pyridine rings is 2. The van der Waals surface area contributed by atoms with Crippen molar-refractivity contribution in [2.45, 2.75) is 18.8 Å². The van der Waals surface area contributed by atoms with Crippen LogP contribution in [0.2, 0.25) is 0 Å². The highest BCUT2D eigenvalue weighted by Crippen LogP contribution is 2.29. The predicted octanol–water partition coefficient (Wildman–Crippen LogP) is 2.88. The summed E-state index contributed by atoms with van der Waals surface area (Å²) in [5.74, 6) is -0.0694. The van der Waals surface area contributed by atoms with Gasteiger partial charge in [-0.2, -0.15) is 0 Å². The van der Waals surface area contributed by atoms with E-state index >= 15 is 0 Å². The number of carbonyl (C=O) groups excluding carboxylic acids is 1. The van der Waals surface area contributed by atoms with Crippen molar-refractivity contribution in [1.82, 2.24) is 20.8 Å². The van der Waals surface area contributed by atoms with Gasteiger partial charge >= 0.3 is 0 Å². The highest BCUT2D eigenvalue weighted by molar-refractivity contribution is 5.97. The van der Waals surface area contributed by atoms with Gasteiger partial charge in [0.1, 0.15) is 0 Å². The maximum atomic E-state index is 11.6. The van der Waals surface area contributed by atoms with Gasteiger partial charge in [-0.25, -0.2) is 5.48 Å². The Kier molecular flexibility index (Phi) is 4.60. The normalized spacial score (nSPS) is 15.1. The summed E-state index contributed by atoms with van der Waals surface area (Å²) in [4.78, 5) is 20.5. The number of carbonyl (C=O) groups is 1. The van der Waals surface area contributed by atoms with E-state index < -0.39 is 5.91 Å². The zero-order valence-corrected chi connectivity index (χ0v) is 14.3.